The lowest BCUT2D eigenvalue weighted by Crippen LogP contribution is -2.24. The van der Waals surface area contributed by atoms with Gasteiger partial charge in [-0.15, -0.1) is 0 Å². The highest BCUT2D eigenvalue weighted by molar-refractivity contribution is 7.93. The molecule has 3 rings (SSSR count). The van der Waals surface area contributed by atoms with Crippen LogP contribution in [0.25, 0.3) is 0 Å². The SMILES string of the molecule is C=P(c1cc#ccc1)(c1ccccc1)c1ccccc1. The van der Waals surface area contributed by atoms with Crippen molar-refractivity contribution in [1.29, 1.82) is 0 Å². The summed E-state index contributed by atoms with van der Waals surface area (Å²) in [4.78, 5) is 0. The molecule has 0 bridgehead atoms. The molecule has 3 aromatic carbocycles. The summed E-state index contributed by atoms with van der Waals surface area (Å²) in [6.45, 7) is -1.83. The van der Waals surface area contributed by atoms with Crippen LogP contribution in [0.4, 0.5) is 0 Å². The fourth-order valence-electron chi connectivity index (χ4n) is 2.39. The number of rotatable bonds is 3. The molecule has 0 aliphatic rings. The predicted octanol–water partition coefficient (Wildman–Crippen LogP) is 3.01. The minimum Gasteiger partial charge on any atom is -0.0887 e. The van der Waals surface area contributed by atoms with E-state index in [2.05, 4.69) is 73.0 Å². The van der Waals surface area contributed by atoms with Crippen molar-refractivity contribution in [1.82, 2.24) is 0 Å². The van der Waals surface area contributed by atoms with Crippen molar-refractivity contribution in [3.8, 4) is 0 Å². The maximum Gasteiger partial charge on any atom is -0.00321 e. The molecule has 0 radical (unpaired) electrons. The normalized spacial score (nSPS) is 10.8. The monoisotopic (exact) mass is 274 g/mol. The maximum absolute atomic E-state index is 4.66. The Labute approximate surface area is 120 Å². The molecule has 20 heavy (non-hydrogen) atoms. The lowest BCUT2D eigenvalue weighted by molar-refractivity contribution is 1.74. The van der Waals surface area contributed by atoms with Crippen LogP contribution >= 0.6 is 6.89 Å². The van der Waals surface area contributed by atoms with Crippen LogP contribution in [0, 0.1) is 12.1 Å². The molecule has 0 atom stereocenters. The Bertz CT molecular complexity index is 612. The van der Waals surface area contributed by atoms with Crippen molar-refractivity contribution in [2.45, 2.75) is 0 Å². The Morgan fingerprint density at radius 1 is 0.650 bits per heavy atom. The first-order chi connectivity index (χ1) is 9.82. The van der Waals surface area contributed by atoms with E-state index >= 15 is 0 Å². The first-order valence-electron chi connectivity index (χ1n) is 6.55. The van der Waals surface area contributed by atoms with Crippen LogP contribution in [-0.4, -0.2) is 6.30 Å². The first-order valence-corrected chi connectivity index (χ1v) is 8.52. The molecule has 0 spiro atoms. The lowest BCUT2D eigenvalue weighted by atomic mass is 10.4. The van der Waals surface area contributed by atoms with Gasteiger partial charge in [-0.25, -0.2) is 0 Å². The molecule has 1 heteroatoms. The van der Waals surface area contributed by atoms with Gasteiger partial charge in [0.15, 0.2) is 0 Å². The first kappa shape index (κ1) is 12.8. The van der Waals surface area contributed by atoms with Crippen LogP contribution in [0.2, 0.25) is 0 Å². The average molecular weight is 274 g/mol. The maximum atomic E-state index is 4.66. The minimum absolute atomic E-state index is 1.23. The number of benzene rings is 2. The molecule has 0 amide bonds. The average Bonchev–Trinajstić information content (AvgIpc) is 2.56. The second-order valence-electron chi connectivity index (χ2n) is 4.67. The zero-order valence-electron chi connectivity index (χ0n) is 11.2. The standard InChI is InChI=1S/C19H15P/c1-20(17-11-5-2-6-12-17,18-13-7-3-8-14-18)19-15-9-4-10-16-19/h2-3,5-9,11-16H,1H2. The molecule has 0 saturated carbocycles. The van der Waals surface area contributed by atoms with Gasteiger partial charge >= 0.3 is 0 Å². The Morgan fingerprint density at radius 2 is 1.20 bits per heavy atom. The van der Waals surface area contributed by atoms with Gasteiger partial charge in [-0.2, -0.15) is 0 Å². The predicted molar refractivity (Wildman–Crippen MR) is 89.9 cm³/mol. The van der Waals surface area contributed by atoms with Gasteiger partial charge in [0, 0.05) is 0 Å². The molecule has 0 heterocycles. The van der Waals surface area contributed by atoms with E-state index in [-0.39, 0.29) is 0 Å². The number of hydrogen-bond acceptors (Lipinski definition) is 0. The van der Waals surface area contributed by atoms with Crippen LogP contribution in [0.3, 0.4) is 0 Å². The van der Waals surface area contributed by atoms with Crippen LogP contribution in [0.1, 0.15) is 0 Å². The third-order valence-electron chi connectivity index (χ3n) is 3.48. The zero-order valence-corrected chi connectivity index (χ0v) is 12.1. The summed E-state index contributed by atoms with van der Waals surface area (Å²) in [5.74, 6) is 0. The highest BCUT2D eigenvalue weighted by atomic mass is 31.2. The van der Waals surface area contributed by atoms with Gasteiger partial charge in [-0.3, -0.25) is 0 Å². The van der Waals surface area contributed by atoms with Crippen molar-refractivity contribution in [3.63, 3.8) is 0 Å². The lowest BCUT2D eigenvalue weighted by Gasteiger charge is -2.25. The molecule has 96 valence electrons. The van der Waals surface area contributed by atoms with E-state index in [1.807, 2.05) is 24.3 Å². The summed E-state index contributed by atoms with van der Waals surface area (Å²) in [6, 6.07) is 33.2. The third-order valence-corrected chi connectivity index (χ3v) is 6.99. The van der Waals surface area contributed by atoms with Crippen molar-refractivity contribution in [2.24, 2.45) is 0 Å². The highest BCUT2D eigenvalue weighted by Gasteiger charge is 2.21. The zero-order chi connectivity index (χ0) is 13.8. The van der Waals surface area contributed by atoms with Crippen molar-refractivity contribution in [2.75, 3.05) is 0 Å². The topological polar surface area (TPSA) is 0 Å². The third kappa shape index (κ3) is 2.18. The molecule has 0 N–H and O–H groups in total. The van der Waals surface area contributed by atoms with Gasteiger partial charge in [0.2, 0.25) is 0 Å². The van der Waals surface area contributed by atoms with E-state index in [0.717, 1.165) is 0 Å². The molecule has 0 saturated heterocycles. The van der Waals surface area contributed by atoms with Crippen LogP contribution in [0.5, 0.6) is 0 Å². The summed E-state index contributed by atoms with van der Waals surface area (Å²) in [5.41, 5.74) is 0. The molecule has 0 nitrogen and oxygen atoms in total. The molecule has 0 aliphatic carbocycles. The van der Waals surface area contributed by atoms with E-state index in [1.54, 1.807) is 0 Å². The van der Waals surface area contributed by atoms with Crippen LogP contribution in [-0.2, 0) is 0 Å². The van der Waals surface area contributed by atoms with E-state index in [1.165, 1.54) is 15.9 Å². The summed E-state index contributed by atoms with van der Waals surface area (Å²) in [7, 11) is 0. The van der Waals surface area contributed by atoms with Crippen molar-refractivity contribution < 1.29 is 0 Å². The van der Waals surface area contributed by atoms with E-state index in [4.69, 9.17) is 0 Å². The second kappa shape index (κ2) is 5.41. The molecule has 0 unspecified atom stereocenters. The van der Waals surface area contributed by atoms with E-state index < -0.39 is 6.89 Å². The van der Waals surface area contributed by atoms with Crippen LogP contribution in [0.15, 0.2) is 78.9 Å². The Kier molecular flexibility index (Phi) is 3.46. The van der Waals surface area contributed by atoms with Gasteiger partial charge < -0.3 is 0 Å². The smallest absolute Gasteiger partial charge is 0.00321 e. The van der Waals surface area contributed by atoms with Gasteiger partial charge in [-0.05, 0) is 41.0 Å². The Hall–Kier alpha value is -2.22. The second-order valence-corrected chi connectivity index (χ2v) is 7.84. The molecular formula is C19H15P. The summed E-state index contributed by atoms with van der Waals surface area (Å²) in [5, 5.41) is 3.80. The van der Waals surface area contributed by atoms with Gasteiger partial charge in [0.1, 0.15) is 0 Å². The fraction of sp³-hybridized carbons (Fsp3) is 0. The van der Waals surface area contributed by atoms with Gasteiger partial charge in [0.05, 0.1) is 0 Å². The number of hydrogen-bond donors (Lipinski definition) is 0. The van der Waals surface area contributed by atoms with Crippen molar-refractivity contribution >= 4 is 29.1 Å². The van der Waals surface area contributed by atoms with E-state index in [9.17, 15) is 0 Å². The molecule has 0 aromatic heterocycles. The van der Waals surface area contributed by atoms with Gasteiger partial charge in [0.25, 0.3) is 0 Å². The summed E-state index contributed by atoms with van der Waals surface area (Å²) < 4.78 is 0. The Balaban J connectivity index is 2.27. The fourth-order valence-corrected chi connectivity index (χ4v) is 5.26. The Morgan fingerprint density at radius 3 is 1.65 bits per heavy atom. The molecular weight excluding hydrogens is 259 g/mol. The molecule has 0 fully saturated rings. The largest absolute Gasteiger partial charge is 0.0887 e. The summed E-state index contributed by atoms with van der Waals surface area (Å²) in [6.07, 6.45) is 4.66. The van der Waals surface area contributed by atoms with E-state index in [0.29, 0.717) is 0 Å². The summed E-state index contributed by atoms with van der Waals surface area (Å²) >= 11 is 0. The minimum atomic E-state index is -1.83. The van der Waals surface area contributed by atoms with Crippen molar-refractivity contribution in [3.05, 3.63) is 91.0 Å². The highest BCUT2D eigenvalue weighted by Crippen LogP contribution is 2.41. The molecule has 0 aliphatic heterocycles. The van der Waals surface area contributed by atoms with Crippen LogP contribution < -0.4 is 15.9 Å². The quantitative estimate of drug-likeness (QED) is 0.644. The molecule has 3 aromatic rings. The van der Waals surface area contributed by atoms with Gasteiger partial charge in [-0.1, -0.05) is 79.1 Å².